The van der Waals surface area contributed by atoms with Gasteiger partial charge in [-0.15, -0.1) is 22.6 Å². The molecule has 1 aromatic heterocycles. The minimum Gasteiger partial charge on any atom is -0.419 e. The standard InChI is InChI=1S/C18H15F2N3O.ClH/c19-14-7-6-12(8-15(14)20)13-9-16(13)21-10-17-22-23-18(24-17)11-4-2-1-3-5-11;/h1-8,13,16,21H,9-10H2;1H/t13-,16+;/m0./s1. The maximum Gasteiger partial charge on any atom is 0.247 e. The van der Waals surface area contributed by atoms with Crippen LogP contribution < -0.4 is 5.32 Å². The molecule has 4 nitrogen and oxygen atoms in total. The summed E-state index contributed by atoms with van der Waals surface area (Å²) in [6, 6.07) is 13.8. The number of benzene rings is 2. The summed E-state index contributed by atoms with van der Waals surface area (Å²) in [6.07, 6.45) is 0.880. The first-order chi connectivity index (χ1) is 11.7. The van der Waals surface area contributed by atoms with Gasteiger partial charge in [-0.05, 0) is 36.2 Å². The van der Waals surface area contributed by atoms with Gasteiger partial charge >= 0.3 is 0 Å². The molecular weight excluding hydrogens is 348 g/mol. The Kier molecular flexibility index (Phi) is 5.11. The molecule has 1 N–H and O–H groups in total. The third kappa shape index (κ3) is 3.86. The number of nitrogens with one attached hydrogen (secondary N) is 1. The van der Waals surface area contributed by atoms with Gasteiger partial charge in [-0.1, -0.05) is 24.3 Å². The zero-order chi connectivity index (χ0) is 16.5. The van der Waals surface area contributed by atoms with Crippen LogP contribution in [0.15, 0.2) is 52.9 Å². The number of nitrogens with zero attached hydrogens (tertiary/aromatic N) is 2. The lowest BCUT2D eigenvalue weighted by Gasteiger charge is -2.02. The smallest absolute Gasteiger partial charge is 0.247 e. The maximum atomic E-state index is 13.3. The van der Waals surface area contributed by atoms with Crippen LogP contribution in [0.5, 0.6) is 0 Å². The molecule has 3 aromatic rings. The van der Waals surface area contributed by atoms with E-state index in [0.29, 0.717) is 18.3 Å². The van der Waals surface area contributed by atoms with Crippen molar-refractivity contribution < 1.29 is 13.2 Å². The van der Waals surface area contributed by atoms with E-state index in [1.54, 1.807) is 6.07 Å². The summed E-state index contributed by atoms with van der Waals surface area (Å²) in [7, 11) is 0. The molecule has 1 fully saturated rings. The van der Waals surface area contributed by atoms with E-state index in [0.717, 1.165) is 17.5 Å². The predicted molar refractivity (Wildman–Crippen MR) is 91.3 cm³/mol. The summed E-state index contributed by atoms with van der Waals surface area (Å²) in [5, 5.41) is 11.4. The van der Waals surface area contributed by atoms with Crippen LogP contribution in [0.3, 0.4) is 0 Å². The Hall–Kier alpha value is -2.31. The van der Waals surface area contributed by atoms with Crippen LogP contribution in [0.4, 0.5) is 8.78 Å². The van der Waals surface area contributed by atoms with Gasteiger partial charge in [0.05, 0.1) is 6.54 Å². The number of hydrogen-bond acceptors (Lipinski definition) is 4. The lowest BCUT2D eigenvalue weighted by molar-refractivity contribution is 0.474. The summed E-state index contributed by atoms with van der Waals surface area (Å²) < 4.78 is 31.9. The molecule has 1 saturated carbocycles. The highest BCUT2D eigenvalue weighted by Gasteiger charge is 2.38. The first kappa shape index (κ1) is 17.5. The molecule has 2 aromatic carbocycles. The summed E-state index contributed by atoms with van der Waals surface area (Å²) in [5.41, 5.74) is 1.68. The van der Waals surface area contributed by atoms with Crippen molar-refractivity contribution in [2.75, 3.05) is 0 Å². The second kappa shape index (κ2) is 7.29. The Morgan fingerprint density at radius 3 is 2.60 bits per heavy atom. The number of hydrogen-bond donors (Lipinski definition) is 1. The van der Waals surface area contributed by atoms with Crippen LogP contribution in [-0.4, -0.2) is 16.2 Å². The fraction of sp³-hybridized carbons (Fsp3) is 0.222. The van der Waals surface area contributed by atoms with Crippen LogP contribution in [0, 0.1) is 11.6 Å². The molecule has 1 aliphatic carbocycles. The largest absolute Gasteiger partial charge is 0.419 e. The van der Waals surface area contributed by atoms with E-state index in [9.17, 15) is 8.78 Å². The van der Waals surface area contributed by atoms with Gasteiger partial charge in [-0.3, -0.25) is 0 Å². The summed E-state index contributed by atoms with van der Waals surface area (Å²) >= 11 is 0. The average Bonchev–Trinajstić information content (AvgIpc) is 3.23. The van der Waals surface area contributed by atoms with Crippen LogP contribution in [-0.2, 0) is 6.54 Å². The first-order valence-electron chi connectivity index (χ1n) is 7.77. The fourth-order valence-electron chi connectivity index (χ4n) is 2.77. The van der Waals surface area contributed by atoms with E-state index in [2.05, 4.69) is 15.5 Å². The summed E-state index contributed by atoms with van der Waals surface area (Å²) in [6.45, 7) is 0.449. The van der Waals surface area contributed by atoms with Gasteiger partial charge in [0.2, 0.25) is 11.8 Å². The van der Waals surface area contributed by atoms with Crippen LogP contribution in [0.25, 0.3) is 11.5 Å². The normalized spacial score (nSPS) is 18.6. The number of halogens is 3. The highest BCUT2D eigenvalue weighted by molar-refractivity contribution is 5.85. The van der Waals surface area contributed by atoms with E-state index < -0.39 is 11.6 Å². The topological polar surface area (TPSA) is 51.0 Å². The van der Waals surface area contributed by atoms with E-state index in [-0.39, 0.29) is 24.4 Å². The van der Waals surface area contributed by atoms with E-state index in [1.807, 2.05) is 30.3 Å². The molecule has 0 amide bonds. The van der Waals surface area contributed by atoms with E-state index in [1.165, 1.54) is 12.1 Å². The Bertz CT molecular complexity index is 857. The maximum absolute atomic E-state index is 13.3. The van der Waals surface area contributed by atoms with E-state index in [4.69, 9.17) is 4.42 Å². The summed E-state index contributed by atoms with van der Waals surface area (Å²) in [5.74, 6) is -0.437. The van der Waals surface area contributed by atoms with Gasteiger partial charge < -0.3 is 9.73 Å². The Labute approximate surface area is 149 Å². The second-order valence-electron chi connectivity index (χ2n) is 5.87. The minimum absolute atomic E-state index is 0. The first-order valence-corrected chi connectivity index (χ1v) is 7.77. The van der Waals surface area contributed by atoms with Gasteiger partial charge in [0, 0.05) is 17.5 Å². The van der Waals surface area contributed by atoms with Gasteiger partial charge in [-0.2, -0.15) is 0 Å². The van der Waals surface area contributed by atoms with Crippen molar-refractivity contribution in [2.24, 2.45) is 0 Å². The van der Waals surface area contributed by atoms with Crippen molar-refractivity contribution in [3.63, 3.8) is 0 Å². The zero-order valence-corrected chi connectivity index (χ0v) is 14.0. The van der Waals surface area contributed by atoms with Crippen LogP contribution in [0.2, 0.25) is 0 Å². The lowest BCUT2D eigenvalue weighted by Crippen LogP contribution is -2.17. The average molecular weight is 364 g/mol. The molecule has 0 radical (unpaired) electrons. The van der Waals surface area contributed by atoms with Gasteiger partial charge in [0.1, 0.15) is 0 Å². The summed E-state index contributed by atoms with van der Waals surface area (Å²) in [4.78, 5) is 0. The fourth-order valence-corrected chi connectivity index (χ4v) is 2.77. The highest BCUT2D eigenvalue weighted by Crippen LogP contribution is 2.41. The monoisotopic (exact) mass is 363 g/mol. The number of rotatable bonds is 5. The molecule has 130 valence electrons. The molecule has 0 aliphatic heterocycles. The van der Waals surface area contributed by atoms with E-state index >= 15 is 0 Å². The van der Waals surface area contributed by atoms with Gasteiger partial charge in [0.15, 0.2) is 11.6 Å². The minimum atomic E-state index is -0.816. The molecule has 0 unspecified atom stereocenters. The van der Waals surface area contributed by atoms with Gasteiger partial charge in [-0.25, -0.2) is 8.78 Å². The Balaban J connectivity index is 0.00000182. The molecule has 0 saturated heterocycles. The highest BCUT2D eigenvalue weighted by atomic mass is 35.5. The van der Waals surface area contributed by atoms with Crippen molar-refractivity contribution in [3.8, 4) is 11.5 Å². The molecule has 2 atom stereocenters. The third-order valence-corrected chi connectivity index (χ3v) is 4.17. The molecular formula is C18H16ClF2N3O. The van der Waals surface area contributed by atoms with Crippen molar-refractivity contribution in [1.29, 1.82) is 0 Å². The van der Waals surface area contributed by atoms with Crippen molar-refractivity contribution >= 4 is 12.4 Å². The second-order valence-corrected chi connectivity index (χ2v) is 5.87. The van der Waals surface area contributed by atoms with Crippen molar-refractivity contribution in [3.05, 3.63) is 71.6 Å². The molecule has 0 spiro atoms. The van der Waals surface area contributed by atoms with Crippen LogP contribution >= 0.6 is 12.4 Å². The molecule has 0 bridgehead atoms. The zero-order valence-electron chi connectivity index (χ0n) is 13.2. The third-order valence-electron chi connectivity index (χ3n) is 4.17. The predicted octanol–water partition coefficient (Wildman–Crippen LogP) is 4.08. The molecule has 4 rings (SSSR count). The quantitative estimate of drug-likeness (QED) is 0.742. The molecule has 1 heterocycles. The molecule has 7 heteroatoms. The lowest BCUT2D eigenvalue weighted by atomic mass is 10.1. The SMILES string of the molecule is Cl.Fc1ccc([C@@H]2C[C@H]2NCc2nnc(-c3ccccc3)o2)cc1F. The van der Waals surface area contributed by atoms with Crippen LogP contribution in [0.1, 0.15) is 23.8 Å². The van der Waals surface area contributed by atoms with Gasteiger partial charge in [0.25, 0.3) is 0 Å². The van der Waals surface area contributed by atoms with Crippen molar-refractivity contribution in [1.82, 2.24) is 15.5 Å². The molecule has 25 heavy (non-hydrogen) atoms. The molecule has 1 aliphatic rings. The number of aromatic nitrogens is 2. The van der Waals surface area contributed by atoms with Crippen molar-refractivity contribution in [2.45, 2.75) is 24.9 Å². The Morgan fingerprint density at radius 2 is 1.84 bits per heavy atom. The Morgan fingerprint density at radius 1 is 1.04 bits per heavy atom.